The minimum Gasteiger partial charge on any atom is -0.342 e. The molecule has 124 valence electrons. The second-order valence-corrected chi connectivity index (χ2v) is 8.68. The molecule has 1 aliphatic heterocycles. The van der Waals surface area contributed by atoms with E-state index in [0.29, 0.717) is 13.1 Å². The number of carbonyl (C=O) groups is 1. The predicted molar refractivity (Wildman–Crippen MR) is 85.3 cm³/mol. The van der Waals surface area contributed by atoms with E-state index in [1.807, 2.05) is 19.9 Å². The minimum absolute atomic E-state index is 0.0464. The number of sulfone groups is 1. The Bertz CT molecular complexity index is 581. The molecule has 0 bridgehead atoms. The van der Waals surface area contributed by atoms with Crippen LogP contribution >= 0.6 is 0 Å². The molecule has 7 heteroatoms. The molecule has 0 saturated carbocycles. The number of carbonyl (C=O) groups excluding carboxylic acids is 1. The molecule has 1 amide bonds. The van der Waals surface area contributed by atoms with Gasteiger partial charge in [0.1, 0.15) is 0 Å². The van der Waals surface area contributed by atoms with Crippen LogP contribution in [0, 0.1) is 5.92 Å². The number of nitrogens with zero attached hydrogens (tertiary/aromatic N) is 2. The SMILES string of the molecule is CC(C)CS(=O)(=O)CCC(=O)N1CCC[C@H](c2ccn[nH]2)C1. The minimum atomic E-state index is -3.13. The molecule has 1 fully saturated rings. The van der Waals surface area contributed by atoms with Crippen LogP contribution in [0.4, 0.5) is 0 Å². The summed E-state index contributed by atoms with van der Waals surface area (Å²) in [5.41, 5.74) is 1.05. The molecule has 22 heavy (non-hydrogen) atoms. The zero-order chi connectivity index (χ0) is 16.2. The predicted octanol–water partition coefficient (Wildman–Crippen LogP) is 1.58. The summed E-state index contributed by atoms with van der Waals surface area (Å²) in [4.78, 5) is 14.1. The molecule has 1 saturated heterocycles. The van der Waals surface area contributed by atoms with Crippen LogP contribution in [0.3, 0.4) is 0 Å². The van der Waals surface area contributed by atoms with Gasteiger partial charge in [0.15, 0.2) is 9.84 Å². The number of nitrogens with one attached hydrogen (secondary N) is 1. The van der Waals surface area contributed by atoms with Crippen LogP contribution in [0.1, 0.15) is 44.7 Å². The number of aromatic amines is 1. The summed E-state index contributed by atoms with van der Waals surface area (Å²) in [6, 6.07) is 1.94. The summed E-state index contributed by atoms with van der Waals surface area (Å²) in [5, 5.41) is 6.92. The van der Waals surface area contributed by atoms with E-state index in [-0.39, 0.29) is 35.7 Å². The van der Waals surface area contributed by atoms with Crippen LogP contribution in [-0.2, 0) is 14.6 Å². The first-order valence-electron chi connectivity index (χ1n) is 7.85. The number of aromatic nitrogens is 2. The van der Waals surface area contributed by atoms with Crippen LogP contribution in [0.5, 0.6) is 0 Å². The largest absolute Gasteiger partial charge is 0.342 e. The monoisotopic (exact) mass is 327 g/mol. The highest BCUT2D eigenvalue weighted by Crippen LogP contribution is 2.25. The van der Waals surface area contributed by atoms with Crippen molar-refractivity contribution in [1.82, 2.24) is 15.1 Å². The maximum absolute atomic E-state index is 12.3. The van der Waals surface area contributed by atoms with Crippen molar-refractivity contribution in [3.8, 4) is 0 Å². The van der Waals surface area contributed by atoms with Gasteiger partial charge in [-0.2, -0.15) is 5.10 Å². The summed E-state index contributed by atoms with van der Waals surface area (Å²) >= 11 is 0. The average molecular weight is 327 g/mol. The Kier molecular flexibility index (Phi) is 5.61. The lowest BCUT2D eigenvalue weighted by molar-refractivity contribution is -0.132. The van der Waals surface area contributed by atoms with E-state index in [2.05, 4.69) is 10.2 Å². The van der Waals surface area contributed by atoms with Gasteiger partial charge in [-0.25, -0.2) is 8.42 Å². The summed E-state index contributed by atoms with van der Waals surface area (Å²) in [5.74, 6) is 0.413. The van der Waals surface area contributed by atoms with E-state index < -0.39 is 9.84 Å². The lowest BCUT2D eigenvalue weighted by Gasteiger charge is -2.32. The van der Waals surface area contributed by atoms with Crippen LogP contribution in [-0.4, -0.2) is 54.0 Å². The van der Waals surface area contributed by atoms with E-state index >= 15 is 0 Å². The Labute approximate surface area is 132 Å². The normalized spacial score (nSPS) is 19.6. The van der Waals surface area contributed by atoms with Gasteiger partial charge in [-0.1, -0.05) is 13.8 Å². The topological polar surface area (TPSA) is 83.1 Å². The van der Waals surface area contributed by atoms with Crippen LogP contribution < -0.4 is 0 Å². The zero-order valence-electron chi connectivity index (χ0n) is 13.3. The summed E-state index contributed by atoms with van der Waals surface area (Å²) in [6.07, 6.45) is 3.77. The van der Waals surface area contributed by atoms with Crippen LogP contribution in [0.2, 0.25) is 0 Å². The van der Waals surface area contributed by atoms with Gasteiger partial charge in [-0.15, -0.1) is 0 Å². The fourth-order valence-corrected chi connectivity index (χ4v) is 4.61. The molecule has 0 spiro atoms. The maximum atomic E-state index is 12.3. The van der Waals surface area contributed by atoms with Crippen molar-refractivity contribution in [2.24, 2.45) is 5.92 Å². The Morgan fingerprint density at radius 1 is 1.50 bits per heavy atom. The number of piperidine rings is 1. The standard InChI is InChI=1S/C15H25N3O3S/c1-12(2)11-22(20,21)9-6-15(19)18-8-3-4-13(10-18)14-5-7-16-17-14/h5,7,12-13H,3-4,6,8-11H2,1-2H3,(H,16,17)/t13-/m0/s1. The van der Waals surface area contributed by atoms with Crippen molar-refractivity contribution in [1.29, 1.82) is 0 Å². The molecule has 0 radical (unpaired) electrons. The van der Waals surface area contributed by atoms with Crippen molar-refractivity contribution in [2.75, 3.05) is 24.6 Å². The molecule has 0 unspecified atom stereocenters. The molecule has 2 heterocycles. The Hall–Kier alpha value is -1.37. The number of H-pyrrole nitrogens is 1. The van der Waals surface area contributed by atoms with Crippen molar-refractivity contribution in [3.05, 3.63) is 18.0 Å². The van der Waals surface area contributed by atoms with Gasteiger partial charge < -0.3 is 4.90 Å². The summed E-state index contributed by atoms with van der Waals surface area (Å²) < 4.78 is 23.8. The highest BCUT2D eigenvalue weighted by atomic mass is 32.2. The summed E-state index contributed by atoms with van der Waals surface area (Å²) in [6.45, 7) is 5.11. The van der Waals surface area contributed by atoms with Crippen molar-refractivity contribution < 1.29 is 13.2 Å². The Balaban J connectivity index is 1.87. The first-order valence-corrected chi connectivity index (χ1v) is 9.67. The number of hydrogen-bond acceptors (Lipinski definition) is 4. The smallest absolute Gasteiger partial charge is 0.223 e. The molecule has 1 aromatic rings. The van der Waals surface area contributed by atoms with E-state index in [1.54, 1.807) is 11.1 Å². The van der Waals surface area contributed by atoms with Gasteiger partial charge in [-0.05, 0) is 24.8 Å². The molecular weight excluding hydrogens is 302 g/mol. The van der Waals surface area contributed by atoms with E-state index in [4.69, 9.17) is 0 Å². The quantitative estimate of drug-likeness (QED) is 0.860. The van der Waals surface area contributed by atoms with Crippen LogP contribution in [0.25, 0.3) is 0 Å². The second kappa shape index (κ2) is 7.26. The lowest BCUT2D eigenvalue weighted by Crippen LogP contribution is -2.40. The van der Waals surface area contributed by atoms with Gasteiger partial charge >= 0.3 is 0 Å². The number of likely N-dealkylation sites (tertiary alicyclic amines) is 1. The fraction of sp³-hybridized carbons (Fsp3) is 0.733. The van der Waals surface area contributed by atoms with E-state index in [9.17, 15) is 13.2 Å². The van der Waals surface area contributed by atoms with Gasteiger partial charge in [0, 0.05) is 37.3 Å². The first-order chi connectivity index (χ1) is 10.4. The molecule has 1 atom stereocenters. The lowest BCUT2D eigenvalue weighted by atomic mass is 9.95. The van der Waals surface area contributed by atoms with Gasteiger partial charge in [-0.3, -0.25) is 9.89 Å². The zero-order valence-corrected chi connectivity index (χ0v) is 14.1. The van der Waals surface area contributed by atoms with Gasteiger partial charge in [0.25, 0.3) is 0 Å². The Morgan fingerprint density at radius 2 is 2.27 bits per heavy atom. The molecule has 1 N–H and O–H groups in total. The van der Waals surface area contributed by atoms with Crippen molar-refractivity contribution >= 4 is 15.7 Å². The first kappa shape index (κ1) is 17.0. The molecule has 6 nitrogen and oxygen atoms in total. The Morgan fingerprint density at radius 3 is 2.91 bits per heavy atom. The number of rotatable bonds is 6. The third-order valence-corrected chi connectivity index (χ3v) is 5.95. The molecular formula is C15H25N3O3S. The molecule has 2 rings (SSSR count). The highest BCUT2D eigenvalue weighted by Gasteiger charge is 2.26. The third-order valence-electron chi connectivity index (χ3n) is 3.95. The van der Waals surface area contributed by atoms with E-state index in [0.717, 1.165) is 18.5 Å². The second-order valence-electron chi connectivity index (χ2n) is 6.45. The van der Waals surface area contributed by atoms with Crippen molar-refractivity contribution in [3.63, 3.8) is 0 Å². The number of amides is 1. The molecule has 1 aromatic heterocycles. The average Bonchev–Trinajstić information content (AvgIpc) is 2.98. The molecule has 1 aliphatic rings. The fourth-order valence-electron chi connectivity index (χ4n) is 2.94. The van der Waals surface area contributed by atoms with Crippen molar-refractivity contribution in [2.45, 2.75) is 39.0 Å². The van der Waals surface area contributed by atoms with Crippen LogP contribution in [0.15, 0.2) is 12.3 Å². The number of hydrogen-bond donors (Lipinski definition) is 1. The third kappa shape index (κ3) is 4.83. The molecule has 0 aromatic carbocycles. The molecule has 0 aliphatic carbocycles. The highest BCUT2D eigenvalue weighted by molar-refractivity contribution is 7.91. The maximum Gasteiger partial charge on any atom is 0.223 e. The van der Waals surface area contributed by atoms with Gasteiger partial charge in [0.2, 0.25) is 5.91 Å². The summed E-state index contributed by atoms with van der Waals surface area (Å²) in [7, 11) is -3.13. The van der Waals surface area contributed by atoms with Gasteiger partial charge in [0.05, 0.1) is 11.5 Å². The van der Waals surface area contributed by atoms with E-state index in [1.165, 1.54) is 0 Å².